The zero-order valence-electron chi connectivity index (χ0n) is 12.2. The third-order valence-corrected chi connectivity index (χ3v) is 2.15. The number of hydrogen-bond donors (Lipinski definition) is 2. The Hall–Kier alpha value is -1.30. The van der Waals surface area contributed by atoms with Crippen LogP contribution in [0.5, 0.6) is 0 Å². The van der Waals surface area contributed by atoms with Gasteiger partial charge in [-0.25, -0.2) is 9.59 Å². The van der Waals surface area contributed by atoms with Crippen LogP contribution in [-0.4, -0.2) is 42.0 Å². The predicted octanol–water partition coefficient (Wildman–Crippen LogP) is 1.61. The largest absolute Gasteiger partial charge is 0.464 e. The molecule has 1 atom stereocenters. The Kier molecular flexibility index (Phi) is 8.14. The molecule has 0 aromatic heterocycles. The Morgan fingerprint density at radius 3 is 2.37 bits per heavy atom. The van der Waals surface area contributed by atoms with Gasteiger partial charge in [0, 0.05) is 0 Å². The highest BCUT2D eigenvalue weighted by molar-refractivity contribution is 5.81. The lowest BCUT2D eigenvalue weighted by molar-refractivity contribution is -0.147. The number of aliphatic hydroxyl groups is 1. The Morgan fingerprint density at radius 1 is 1.26 bits per heavy atom. The van der Waals surface area contributed by atoms with Gasteiger partial charge in [-0.1, -0.05) is 19.8 Å². The van der Waals surface area contributed by atoms with Crippen LogP contribution in [-0.2, 0) is 14.3 Å². The van der Waals surface area contributed by atoms with Crippen LogP contribution in [0.2, 0.25) is 0 Å². The van der Waals surface area contributed by atoms with Gasteiger partial charge in [0.2, 0.25) is 0 Å². The van der Waals surface area contributed by atoms with Crippen LogP contribution in [0.25, 0.3) is 0 Å². The number of esters is 1. The number of carbonyl (C=O) groups is 2. The second-order valence-corrected chi connectivity index (χ2v) is 5.26. The lowest BCUT2D eigenvalue weighted by atomic mass is 10.2. The van der Waals surface area contributed by atoms with Crippen molar-refractivity contribution in [3.05, 3.63) is 0 Å². The smallest absolute Gasteiger partial charge is 0.408 e. The van der Waals surface area contributed by atoms with Gasteiger partial charge in [-0.2, -0.15) is 0 Å². The minimum absolute atomic E-state index is 0.291. The van der Waals surface area contributed by atoms with Crippen LogP contribution in [0.15, 0.2) is 0 Å². The average Bonchev–Trinajstić information content (AvgIpc) is 2.29. The van der Waals surface area contributed by atoms with E-state index in [0.29, 0.717) is 6.61 Å². The zero-order valence-corrected chi connectivity index (χ0v) is 12.2. The maximum absolute atomic E-state index is 11.6. The molecule has 0 heterocycles. The Balaban J connectivity index is 4.11. The van der Waals surface area contributed by atoms with E-state index in [1.165, 1.54) is 0 Å². The Bertz CT molecular complexity index is 285. The van der Waals surface area contributed by atoms with Gasteiger partial charge in [0.1, 0.15) is 5.60 Å². The quantitative estimate of drug-likeness (QED) is 0.544. The third-order valence-electron chi connectivity index (χ3n) is 2.15. The molecule has 0 radical (unpaired) electrons. The van der Waals surface area contributed by atoms with Crippen molar-refractivity contribution in [3.63, 3.8) is 0 Å². The fraction of sp³-hybridized carbons (Fsp3) is 0.846. The number of ether oxygens (including phenoxy) is 2. The molecule has 0 saturated heterocycles. The first-order chi connectivity index (χ1) is 8.80. The van der Waals surface area contributed by atoms with E-state index in [9.17, 15) is 9.59 Å². The van der Waals surface area contributed by atoms with E-state index in [1.807, 2.05) is 6.92 Å². The van der Waals surface area contributed by atoms with Crippen LogP contribution in [0.1, 0.15) is 47.0 Å². The van der Waals surface area contributed by atoms with Crippen LogP contribution in [0, 0.1) is 0 Å². The average molecular weight is 275 g/mol. The van der Waals surface area contributed by atoms with E-state index in [2.05, 4.69) is 5.32 Å². The first-order valence-corrected chi connectivity index (χ1v) is 6.57. The molecule has 0 aliphatic heterocycles. The maximum Gasteiger partial charge on any atom is 0.408 e. The fourth-order valence-electron chi connectivity index (χ4n) is 1.25. The normalized spacial score (nSPS) is 12.7. The number of rotatable bonds is 7. The summed E-state index contributed by atoms with van der Waals surface area (Å²) < 4.78 is 9.95. The maximum atomic E-state index is 11.6. The molecule has 1 unspecified atom stereocenters. The second-order valence-electron chi connectivity index (χ2n) is 5.26. The molecule has 0 bridgehead atoms. The summed E-state index contributed by atoms with van der Waals surface area (Å²) in [5, 5.41) is 11.4. The summed E-state index contributed by atoms with van der Waals surface area (Å²) in [4.78, 5) is 23.0. The van der Waals surface area contributed by atoms with Gasteiger partial charge in [-0.3, -0.25) is 0 Å². The number of carbonyl (C=O) groups excluding carboxylic acids is 2. The lowest BCUT2D eigenvalue weighted by Crippen LogP contribution is -2.46. The molecule has 0 saturated carbocycles. The number of aliphatic hydroxyl groups excluding tert-OH is 1. The van der Waals surface area contributed by atoms with E-state index in [1.54, 1.807) is 20.8 Å². The molecule has 1 amide bonds. The van der Waals surface area contributed by atoms with Gasteiger partial charge in [-0.15, -0.1) is 0 Å². The molecule has 0 aromatic rings. The molecule has 0 rings (SSSR count). The lowest BCUT2D eigenvalue weighted by Gasteiger charge is -2.22. The number of alkyl carbamates (subject to hydrolysis) is 1. The molecular formula is C13H25NO5. The van der Waals surface area contributed by atoms with Gasteiger partial charge in [0.15, 0.2) is 6.04 Å². The Morgan fingerprint density at radius 2 is 1.89 bits per heavy atom. The summed E-state index contributed by atoms with van der Waals surface area (Å²) in [6.45, 7) is 6.95. The second kappa shape index (κ2) is 8.74. The van der Waals surface area contributed by atoms with Crippen molar-refractivity contribution in [2.24, 2.45) is 0 Å². The van der Waals surface area contributed by atoms with E-state index in [4.69, 9.17) is 14.6 Å². The molecular weight excluding hydrogens is 250 g/mol. The van der Waals surface area contributed by atoms with Crippen molar-refractivity contribution in [1.82, 2.24) is 5.32 Å². The van der Waals surface area contributed by atoms with E-state index in [-0.39, 0.29) is 0 Å². The van der Waals surface area contributed by atoms with Crippen LogP contribution in [0.4, 0.5) is 4.79 Å². The highest BCUT2D eigenvalue weighted by Gasteiger charge is 2.24. The first-order valence-electron chi connectivity index (χ1n) is 6.57. The van der Waals surface area contributed by atoms with Crippen LogP contribution >= 0.6 is 0 Å². The molecule has 2 N–H and O–H groups in total. The third kappa shape index (κ3) is 9.30. The summed E-state index contributed by atoms with van der Waals surface area (Å²) in [5.41, 5.74) is -0.658. The number of hydrogen-bond acceptors (Lipinski definition) is 5. The summed E-state index contributed by atoms with van der Waals surface area (Å²) in [6.07, 6.45) is 2.01. The number of unbranched alkanes of at least 4 members (excludes halogenated alkanes) is 2. The number of nitrogens with one attached hydrogen (secondary N) is 1. The topological polar surface area (TPSA) is 84.9 Å². The SMILES string of the molecule is CCCCCOC(=O)C(CO)NC(=O)OC(C)(C)C. The molecule has 0 spiro atoms. The monoisotopic (exact) mass is 275 g/mol. The highest BCUT2D eigenvalue weighted by atomic mass is 16.6. The number of amides is 1. The Labute approximate surface area is 114 Å². The van der Waals surface area contributed by atoms with Crippen LogP contribution in [0.3, 0.4) is 0 Å². The standard InChI is InChI=1S/C13H25NO5/c1-5-6-7-8-18-11(16)10(9-15)14-12(17)19-13(2,3)4/h10,15H,5-9H2,1-4H3,(H,14,17). The fourth-order valence-corrected chi connectivity index (χ4v) is 1.25. The summed E-state index contributed by atoms with van der Waals surface area (Å²) >= 11 is 0. The van der Waals surface area contributed by atoms with E-state index < -0.39 is 30.3 Å². The molecule has 112 valence electrons. The van der Waals surface area contributed by atoms with Gasteiger partial charge >= 0.3 is 12.1 Å². The summed E-state index contributed by atoms with van der Waals surface area (Å²) in [6, 6.07) is -1.09. The van der Waals surface area contributed by atoms with Crippen molar-refractivity contribution in [3.8, 4) is 0 Å². The van der Waals surface area contributed by atoms with Crippen molar-refractivity contribution in [2.75, 3.05) is 13.2 Å². The van der Waals surface area contributed by atoms with E-state index >= 15 is 0 Å². The van der Waals surface area contributed by atoms with Gasteiger partial charge in [-0.05, 0) is 27.2 Å². The minimum atomic E-state index is -1.09. The van der Waals surface area contributed by atoms with Crippen molar-refractivity contribution >= 4 is 12.1 Å². The van der Waals surface area contributed by atoms with Gasteiger partial charge in [0.25, 0.3) is 0 Å². The zero-order chi connectivity index (χ0) is 14.9. The predicted molar refractivity (Wildman–Crippen MR) is 70.7 cm³/mol. The van der Waals surface area contributed by atoms with Crippen molar-refractivity contribution in [2.45, 2.75) is 58.6 Å². The molecule has 0 aliphatic rings. The molecule has 19 heavy (non-hydrogen) atoms. The van der Waals surface area contributed by atoms with Gasteiger partial charge in [0.05, 0.1) is 13.2 Å². The van der Waals surface area contributed by atoms with Gasteiger partial charge < -0.3 is 19.9 Å². The molecule has 0 aliphatic carbocycles. The molecule has 6 nitrogen and oxygen atoms in total. The van der Waals surface area contributed by atoms with Crippen molar-refractivity contribution < 1.29 is 24.2 Å². The first kappa shape index (κ1) is 17.7. The highest BCUT2D eigenvalue weighted by Crippen LogP contribution is 2.07. The summed E-state index contributed by atoms with van der Waals surface area (Å²) in [5.74, 6) is -0.649. The van der Waals surface area contributed by atoms with Crippen molar-refractivity contribution in [1.29, 1.82) is 0 Å². The molecule has 0 aromatic carbocycles. The van der Waals surface area contributed by atoms with E-state index in [0.717, 1.165) is 19.3 Å². The summed E-state index contributed by atoms with van der Waals surface area (Å²) in [7, 11) is 0. The molecule has 0 fully saturated rings. The molecule has 6 heteroatoms. The van der Waals surface area contributed by atoms with Crippen LogP contribution < -0.4 is 5.32 Å². The minimum Gasteiger partial charge on any atom is -0.464 e.